The minimum absolute atomic E-state index is 0.291. The number of urea groups is 1. The van der Waals surface area contributed by atoms with Crippen LogP contribution in [0.25, 0.3) is 0 Å². The van der Waals surface area contributed by atoms with Crippen LogP contribution in [0.5, 0.6) is 11.5 Å². The van der Waals surface area contributed by atoms with Crippen molar-refractivity contribution < 1.29 is 14.3 Å². The lowest BCUT2D eigenvalue weighted by Crippen LogP contribution is -2.19. The van der Waals surface area contributed by atoms with Crippen LogP contribution in [0, 0.1) is 0 Å². The lowest BCUT2D eigenvalue weighted by molar-refractivity contribution is 0.262. The lowest BCUT2D eigenvalue weighted by Gasteiger charge is -2.10. The average molecular weight is 413 g/mol. The van der Waals surface area contributed by atoms with Crippen LogP contribution >= 0.6 is 11.3 Å². The summed E-state index contributed by atoms with van der Waals surface area (Å²) in [5.41, 5.74) is 1.92. The van der Waals surface area contributed by atoms with E-state index in [1.54, 1.807) is 31.4 Å². The van der Waals surface area contributed by atoms with E-state index in [9.17, 15) is 4.79 Å². The van der Waals surface area contributed by atoms with Crippen molar-refractivity contribution in [2.75, 3.05) is 17.7 Å². The molecular formula is C21H24N4O3S. The van der Waals surface area contributed by atoms with Crippen LogP contribution in [0.1, 0.15) is 36.8 Å². The zero-order valence-electron chi connectivity index (χ0n) is 16.6. The highest BCUT2D eigenvalue weighted by Gasteiger charge is 2.10. The summed E-state index contributed by atoms with van der Waals surface area (Å²) in [5.74, 6) is 1.97. The number of carbonyl (C=O) groups is 1. The number of nitrogens with zero attached hydrogens (tertiary/aromatic N) is 2. The number of benzene rings is 2. The fraction of sp³-hybridized carbons (Fsp3) is 0.286. The Morgan fingerprint density at radius 3 is 2.62 bits per heavy atom. The summed E-state index contributed by atoms with van der Waals surface area (Å²) in [7, 11) is 1.57. The molecule has 0 radical (unpaired) electrons. The minimum Gasteiger partial charge on any atom is -0.497 e. The third-order valence-corrected chi connectivity index (χ3v) is 5.25. The summed E-state index contributed by atoms with van der Waals surface area (Å²) in [6.07, 6.45) is 1.10. The van der Waals surface area contributed by atoms with Crippen LogP contribution in [0.15, 0.2) is 48.5 Å². The topological polar surface area (TPSA) is 85.4 Å². The van der Waals surface area contributed by atoms with Gasteiger partial charge in [0.2, 0.25) is 5.13 Å². The van der Waals surface area contributed by atoms with E-state index in [-0.39, 0.29) is 0 Å². The maximum absolute atomic E-state index is 12.1. The molecule has 3 aromatic rings. The molecule has 0 fully saturated rings. The monoisotopic (exact) mass is 412 g/mol. The van der Waals surface area contributed by atoms with Gasteiger partial charge in [0.15, 0.2) is 5.01 Å². The highest BCUT2D eigenvalue weighted by molar-refractivity contribution is 7.15. The SMILES string of the molecule is CCC(C)c1ccc(OCc2nnc(NC(=O)Nc3cccc(OC)c3)s2)cc1. The number of carbonyl (C=O) groups excluding carboxylic acids is 1. The molecule has 1 unspecified atom stereocenters. The zero-order valence-corrected chi connectivity index (χ0v) is 17.5. The molecule has 0 bridgehead atoms. The smallest absolute Gasteiger partial charge is 0.325 e. The number of methoxy groups -OCH3 is 1. The van der Waals surface area contributed by atoms with Crippen molar-refractivity contribution in [2.45, 2.75) is 32.8 Å². The number of hydrogen-bond donors (Lipinski definition) is 2. The van der Waals surface area contributed by atoms with E-state index >= 15 is 0 Å². The second kappa shape index (κ2) is 9.88. The highest BCUT2D eigenvalue weighted by Crippen LogP contribution is 2.23. The Kier molecular flexibility index (Phi) is 7.02. The summed E-state index contributed by atoms with van der Waals surface area (Å²) in [4.78, 5) is 12.1. The van der Waals surface area contributed by atoms with Gasteiger partial charge in [0.1, 0.15) is 18.1 Å². The first-order valence-electron chi connectivity index (χ1n) is 9.34. The first-order valence-corrected chi connectivity index (χ1v) is 10.2. The van der Waals surface area contributed by atoms with Crippen LogP contribution in [0.3, 0.4) is 0 Å². The largest absolute Gasteiger partial charge is 0.497 e. The fourth-order valence-corrected chi connectivity index (χ4v) is 3.24. The van der Waals surface area contributed by atoms with E-state index in [1.165, 1.54) is 16.9 Å². The van der Waals surface area contributed by atoms with Crippen molar-refractivity contribution >= 4 is 28.2 Å². The summed E-state index contributed by atoms with van der Waals surface area (Å²) >= 11 is 1.27. The predicted molar refractivity (Wildman–Crippen MR) is 115 cm³/mol. The Morgan fingerprint density at radius 1 is 1.10 bits per heavy atom. The van der Waals surface area contributed by atoms with Gasteiger partial charge < -0.3 is 14.8 Å². The molecule has 0 aliphatic carbocycles. The number of anilines is 2. The van der Waals surface area contributed by atoms with Gasteiger partial charge in [-0.05, 0) is 42.2 Å². The summed E-state index contributed by atoms with van der Waals surface area (Å²) in [5, 5.41) is 14.5. The molecule has 29 heavy (non-hydrogen) atoms. The molecule has 2 aromatic carbocycles. The van der Waals surface area contributed by atoms with E-state index in [0.29, 0.717) is 34.1 Å². The third kappa shape index (κ3) is 5.92. The van der Waals surface area contributed by atoms with Crippen molar-refractivity contribution in [1.29, 1.82) is 0 Å². The van der Waals surface area contributed by atoms with Gasteiger partial charge in [0.25, 0.3) is 0 Å². The second-order valence-corrected chi connectivity index (χ2v) is 7.54. The number of amides is 2. The zero-order chi connectivity index (χ0) is 20.6. The molecule has 1 atom stereocenters. The molecule has 1 aromatic heterocycles. The Labute approximate surface area is 174 Å². The minimum atomic E-state index is -0.400. The standard InChI is InChI=1S/C21H24N4O3S/c1-4-14(2)15-8-10-17(11-9-15)28-13-19-24-25-21(29-19)23-20(26)22-16-6-5-7-18(12-16)27-3/h5-12,14H,4,13H2,1-3H3,(H2,22,23,25,26). The third-order valence-electron chi connectivity index (χ3n) is 4.44. The highest BCUT2D eigenvalue weighted by atomic mass is 32.1. The number of ether oxygens (including phenoxy) is 2. The van der Waals surface area contributed by atoms with Crippen molar-refractivity contribution in [2.24, 2.45) is 0 Å². The van der Waals surface area contributed by atoms with Crippen LogP contribution < -0.4 is 20.1 Å². The fourth-order valence-electron chi connectivity index (χ4n) is 2.60. The molecule has 0 saturated carbocycles. The summed E-state index contributed by atoms with van der Waals surface area (Å²) < 4.78 is 10.9. The van der Waals surface area contributed by atoms with Crippen LogP contribution in [-0.2, 0) is 6.61 Å². The molecule has 0 aliphatic heterocycles. The van der Waals surface area contributed by atoms with E-state index < -0.39 is 6.03 Å². The Morgan fingerprint density at radius 2 is 1.90 bits per heavy atom. The molecule has 0 saturated heterocycles. The van der Waals surface area contributed by atoms with E-state index in [2.05, 4.69) is 46.8 Å². The number of hydrogen-bond acceptors (Lipinski definition) is 6. The molecule has 7 nitrogen and oxygen atoms in total. The number of aromatic nitrogens is 2. The van der Waals surface area contributed by atoms with Gasteiger partial charge in [0.05, 0.1) is 7.11 Å². The van der Waals surface area contributed by atoms with E-state index in [4.69, 9.17) is 9.47 Å². The normalized spacial score (nSPS) is 11.6. The van der Waals surface area contributed by atoms with E-state index in [0.717, 1.165) is 12.2 Å². The molecule has 3 rings (SSSR count). The number of nitrogens with one attached hydrogen (secondary N) is 2. The second-order valence-electron chi connectivity index (χ2n) is 6.48. The average Bonchev–Trinajstić information content (AvgIpc) is 3.19. The molecule has 2 amide bonds. The maximum atomic E-state index is 12.1. The van der Waals surface area contributed by atoms with Crippen LogP contribution in [-0.4, -0.2) is 23.3 Å². The van der Waals surface area contributed by atoms with Crippen molar-refractivity contribution in [3.63, 3.8) is 0 Å². The quantitative estimate of drug-likeness (QED) is 0.525. The molecule has 1 heterocycles. The first-order chi connectivity index (χ1) is 14.1. The summed E-state index contributed by atoms with van der Waals surface area (Å²) in [6, 6.07) is 14.8. The Bertz CT molecular complexity index is 943. The van der Waals surface area contributed by atoms with Gasteiger partial charge in [-0.25, -0.2) is 4.79 Å². The molecule has 8 heteroatoms. The van der Waals surface area contributed by atoms with Crippen molar-refractivity contribution in [1.82, 2.24) is 10.2 Å². The van der Waals surface area contributed by atoms with Crippen molar-refractivity contribution in [3.05, 3.63) is 59.1 Å². The Balaban J connectivity index is 1.50. The van der Waals surface area contributed by atoms with Gasteiger partial charge in [-0.1, -0.05) is 43.4 Å². The number of rotatable bonds is 8. The van der Waals surface area contributed by atoms with Gasteiger partial charge in [-0.15, -0.1) is 10.2 Å². The predicted octanol–water partition coefficient (Wildman–Crippen LogP) is 5.28. The van der Waals surface area contributed by atoms with Gasteiger partial charge in [0, 0.05) is 11.8 Å². The van der Waals surface area contributed by atoms with Crippen molar-refractivity contribution in [3.8, 4) is 11.5 Å². The van der Waals surface area contributed by atoms with Crippen LogP contribution in [0.2, 0.25) is 0 Å². The molecule has 0 spiro atoms. The molecule has 0 aliphatic rings. The lowest BCUT2D eigenvalue weighted by atomic mass is 9.99. The van der Waals surface area contributed by atoms with Gasteiger partial charge in [-0.3, -0.25) is 5.32 Å². The molecular weight excluding hydrogens is 388 g/mol. The first kappa shape index (κ1) is 20.6. The Hall–Kier alpha value is -3.13. The molecule has 152 valence electrons. The van der Waals surface area contributed by atoms with Gasteiger partial charge >= 0.3 is 6.03 Å². The molecule has 2 N–H and O–H groups in total. The van der Waals surface area contributed by atoms with E-state index in [1.807, 2.05) is 12.1 Å². The summed E-state index contributed by atoms with van der Waals surface area (Å²) in [6.45, 7) is 4.67. The van der Waals surface area contributed by atoms with Crippen LogP contribution in [0.4, 0.5) is 15.6 Å². The maximum Gasteiger partial charge on any atom is 0.325 e. The van der Waals surface area contributed by atoms with Gasteiger partial charge in [-0.2, -0.15) is 0 Å².